The van der Waals surface area contributed by atoms with Gasteiger partial charge in [-0.05, 0) is 6.07 Å². The number of hydrogen-bond donors (Lipinski definition) is 0. The van der Waals surface area contributed by atoms with Crippen LogP contribution in [0.3, 0.4) is 0 Å². The summed E-state index contributed by atoms with van der Waals surface area (Å²) in [4.78, 5) is 20.2. The second-order valence-corrected chi connectivity index (χ2v) is 2.60. The number of methoxy groups -OCH3 is 1. The molecule has 1 heterocycles. The lowest BCUT2D eigenvalue weighted by molar-refractivity contribution is -0.0757. The molecule has 76 valence electrons. The molecule has 0 spiro atoms. The van der Waals surface area contributed by atoms with Crippen LogP contribution in [0, 0.1) is 0 Å². The Balaban J connectivity index is 2.90. The van der Waals surface area contributed by atoms with Gasteiger partial charge in [-0.2, -0.15) is 0 Å². The molecule has 1 amide bonds. The van der Waals surface area contributed by atoms with E-state index in [1.54, 1.807) is 6.07 Å². The highest BCUT2D eigenvalue weighted by Crippen LogP contribution is 2.11. The summed E-state index contributed by atoms with van der Waals surface area (Å²) >= 11 is 0. The third-order valence-corrected chi connectivity index (χ3v) is 1.76. The van der Waals surface area contributed by atoms with Gasteiger partial charge in [0.15, 0.2) is 0 Å². The summed E-state index contributed by atoms with van der Waals surface area (Å²) in [6.45, 7) is 0. The molecule has 0 aromatic carbocycles. The van der Waals surface area contributed by atoms with Crippen LogP contribution in [0.2, 0.25) is 0 Å². The average Bonchev–Trinajstić information content (AvgIpc) is 2.27. The van der Waals surface area contributed by atoms with Crippen LogP contribution >= 0.6 is 0 Å². The maximum atomic E-state index is 11.5. The van der Waals surface area contributed by atoms with Crippen LogP contribution in [0.1, 0.15) is 10.4 Å². The molecule has 0 unspecified atom stereocenters. The fourth-order valence-electron chi connectivity index (χ4n) is 0.912. The highest BCUT2D eigenvalue weighted by atomic mass is 16.7. The van der Waals surface area contributed by atoms with Gasteiger partial charge in [-0.15, -0.1) is 0 Å². The van der Waals surface area contributed by atoms with E-state index in [9.17, 15) is 4.79 Å². The van der Waals surface area contributed by atoms with Crippen molar-refractivity contribution in [2.24, 2.45) is 0 Å². The van der Waals surface area contributed by atoms with Crippen LogP contribution < -0.4 is 4.74 Å². The number of carbonyl (C=O) groups is 1. The maximum Gasteiger partial charge on any atom is 0.278 e. The number of pyridine rings is 1. The smallest absolute Gasteiger partial charge is 0.278 e. The van der Waals surface area contributed by atoms with Gasteiger partial charge in [0.2, 0.25) is 0 Å². The number of ether oxygens (including phenoxy) is 1. The van der Waals surface area contributed by atoms with Gasteiger partial charge in [0, 0.05) is 13.2 Å². The van der Waals surface area contributed by atoms with Crippen LogP contribution in [0.15, 0.2) is 18.5 Å². The number of rotatable bonds is 3. The Morgan fingerprint density at radius 3 is 2.71 bits per heavy atom. The van der Waals surface area contributed by atoms with E-state index in [2.05, 4.69) is 4.98 Å². The molecule has 0 bridgehead atoms. The topological polar surface area (TPSA) is 51.7 Å². The van der Waals surface area contributed by atoms with Crippen LogP contribution in [-0.4, -0.2) is 37.2 Å². The molecule has 0 saturated heterocycles. The van der Waals surface area contributed by atoms with Crippen molar-refractivity contribution in [3.63, 3.8) is 0 Å². The van der Waals surface area contributed by atoms with Gasteiger partial charge in [-0.25, -0.2) is 5.06 Å². The lowest BCUT2D eigenvalue weighted by Crippen LogP contribution is -2.25. The Hall–Kier alpha value is -1.62. The average molecular weight is 196 g/mol. The van der Waals surface area contributed by atoms with E-state index >= 15 is 0 Å². The minimum Gasteiger partial charge on any atom is -0.495 e. The zero-order valence-electron chi connectivity index (χ0n) is 8.35. The molecule has 1 rings (SSSR count). The van der Waals surface area contributed by atoms with Gasteiger partial charge < -0.3 is 4.74 Å². The Morgan fingerprint density at radius 2 is 2.14 bits per heavy atom. The van der Waals surface area contributed by atoms with E-state index in [0.717, 1.165) is 5.06 Å². The highest BCUT2D eigenvalue weighted by Gasteiger charge is 2.11. The number of amides is 1. The Labute approximate surface area is 82.2 Å². The van der Waals surface area contributed by atoms with Gasteiger partial charge in [-0.3, -0.25) is 14.6 Å². The lowest BCUT2D eigenvalue weighted by Gasteiger charge is -2.13. The highest BCUT2D eigenvalue weighted by molar-refractivity contribution is 5.93. The summed E-state index contributed by atoms with van der Waals surface area (Å²) in [6, 6.07) is 1.60. The van der Waals surface area contributed by atoms with Crippen molar-refractivity contribution in [2.45, 2.75) is 0 Å². The summed E-state index contributed by atoms with van der Waals surface area (Å²) in [5, 5.41) is 1.12. The van der Waals surface area contributed by atoms with Crippen LogP contribution in [0.4, 0.5) is 0 Å². The zero-order valence-corrected chi connectivity index (χ0v) is 8.35. The minimum atomic E-state index is -0.265. The van der Waals surface area contributed by atoms with Crippen molar-refractivity contribution >= 4 is 5.91 Å². The number of hydrogen-bond acceptors (Lipinski definition) is 4. The molecule has 14 heavy (non-hydrogen) atoms. The van der Waals surface area contributed by atoms with Crippen LogP contribution in [0.5, 0.6) is 5.75 Å². The predicted molar refractivity (Wildman–Crippen MR) is 49.9 cm³/mol. The summed E-state index contributed by atoms with van der Waals surface area (Å²) in [6.07, 6.45) is 2.99. The van der Waals surface area contributed by atoms with Crippen molar-refractivity contribution in [1.29, 1.82) is 0 Å². The van der Waals surface area contributed by atoms with Crippen molar-refractivity contribution in [2.75, 3.05) is 21.3 Å². The molecule has 0 aliphatic heterocycles. The van der Waals surface area contributed by atoms with Gasteiger partial charge in [-0.1, -0.05) is 0 Å². The van der Waals surface area contributed by atoms with E-state index in [0.29, 0.717) is 11.3 Å². The normalized spacial score (nSPS) is 9.64. The molecule has 5 heteroatoms. The molecule has 0 radical (unpaired) electrons. The molecular weight excluding hydrogens is 184 g/mol. The Bertz CT molecular complexity index is 328. The quantitative estimate of drug-likeness (QED) is 0.668. The number of hydroxylamine groups is 2. The molecule has 0 N–H and O–H groups in total. The summed E-state index contributed by atoms with van der Waals surface area (Å²) in [5.74, 6) is 0.277. The molecule has 0 saturated carbocycles. The number of nitrogens with zero attached hydrogens (tertiary/aromatic N) is 2. The third-order valence-electron chi connectivity index (χ3n) is 1.76. The SMILES string of the molecule is COc1cncc(C(=O)N(C)OC)c1. The van der Waals surface area contributed by atoms with Gasteiger partial charge in [0.1, 0.15) is 5.75 Å². The predicted octanol–water partition coefficient (Wildman–Crippen LogP) is 0.724. The maximum absolute atomic E-state index is 11.5. The lowest BCUT2D eigenvalue weighted by atomic mass is 10.2. The fourth-order valence-corrected chi connectivity index (χ4v) is 0.912. The van der Waals surface area contributed by atoms with E-state index in [-0.39, 0.29) is 5.91 Å². The molecule has 1 aromatic rings. The standard InChI is InChI=1S/C9H12N2O3/c1-11(14-3)9(12)7-4-8(13-2)6-10-5-7/h4-6H,1-3H3. The first kappa shape index (κ1) is 10.5. The first-order valence-corrected chi connectivity index (χ1v) is 4.00. The summed E-state index contributed by atoms with van der Waals surface area (Å²) < 4.78 is 4.94. The molecule has 0 fully saturated rings. The zero-order chi connectivity index (χ0) is 10.6. The largest absolute Gasteiger partial charge is 0.495 e. The van der Waals surface area contributed by atoms with E-state index in [1.807, 2.05) is 0 Å². The second-order valence-electron chi connectivity index (χ2n) is 2.60. The van der Waals surface area contributed by atoms with E-state index in [1.165, 1.54) is 33.7 Å². The molecule has 5 nitrogen and oxygen atoms in total. The molecule has 0 aliphatic rings. The minimum absolute atomic E-state index is 0.265. The Morgan fingerprint density at radius 1 is 1.43 bits per heavy atom. The van der Waals surface area contributed by atoms with E-state index in [4.69, 9.17) is 9.57 Å². The fraction of sp³-hybridized carbons (Fsp3) is 0.333. The number of carbonyl (C=O) groups excluding carboxylic acids is 1. The summed E-state index contributed by atoms with van der Waals surface area (Å²) in [7, 11) is 4.47. The van der Waals surface area contributed by atoms with Crippen molar-refractivity contribution in [1.82, 2.24) is 10.0 Å². The van der Waals surface area contributed by atoms with Crippen molar-refractivity contribution < 1.29 is 14.4 Å². The van der Waals surface area contributed by atoms with Gasteiger partial charge >= 0.3 is 0 Å². The van der Waals surface area contributed by atoms with Gasteiger partial charge in [0.05, 0.1) is 26.0 Å². The molecule has 1 aromatic heterocycles. The summed E-state index contributed by atoms with van der Waals surface area (Å²) in [5.41, 5.74) is 0.425. The van der Waals surface area contributed by atoms with Crippen molar-refractivity contribution in [3.8, 4) is 5.75 Å². The van der Waals surface area contributed by atoms with E-state index < -0.39 is 0 Å². The molecule has 0 atom stereocenters. The van der Waals surface area contributed by atoms with Gasteiger partial charge in [0.25, 0.3) is 5.91 Å². The number of aromatic nitrogens is 1. The van der Waals surface area contributed by atoms with Crippen LogP contribution in [0.25, 0.3) is 0 Å². The monoisotopic (exact) mass is 196 g/mol. The third kappa shape index (κ3) is 2.20. The second kappa shape index (κ2) is 4.57. The first-order valence-electron chi connectivity index (χ1n) is 4.00. The first-order chi connectivity index (χ1) is 6.69. The molecular formula is C9H12N2O3. The van der Waals surface area contributed by atoms with Crippen LogP contribution in [-0.2, 0) is 4.84 Å². The Kier molecular flexibility index (Phi) is 3.41. The van der Waals surface area contributed by atoms with Crippen molar-refractivity contribution in [3.05, 3.63) is 24.0 Å². The molecule has 0 aliphatic carbocycles.